The van der Waals surface area contributed by atoms with Gasteiger partial charge in [0.05, 0.1) is 11.1 Å². The maximum atomic E-state index is 12.6. The first-order valence-corrected chi connectivity index (χ1v) is 7.64. The summed E-state index contributed by atoms with van der Waals surface area (Å²) < 4.78 is 0. The molecule has 7 heteroatoms. The molecule has 1 aromatic rings. The van der Waals surface area contributed by atoms with Gasteiger partial charge in [0, 0.05) is 13.0 Å². The minimum atomic E-state index is -0.907. The molecular weight excluding hydrogens is 298 g/mol. The molecule has 0 bridgehead atoms. The molecule has 3 aliphatic heterocycles. The molecule has 3 aliphatic rings. The number of fused-ring (bicyclic) bond motifs is 2. The molecule has 0 unspecified atom stereocenters. The number of carbonyl (C=O) groups excluding carboxylic acids is 4. The number of nitrogens with one attached hydrogen (secondary N) is 2. The molecule has 4 amide bonds. The van der Waals surface area contributed by atoms with Gasteiger partial charge in [-0.1, -0.05) is 0 Å². The molecule has 118 valence electrons. The van der Waals surface area contributed by atoms with Gasteiger partial charge >= 0.3 is 0 Å². The topological polar surface area (TPSA) is 95.6 Å². The Balaban J connectivity index is 1.72. The van der Waals surface area contributed by atoms with Gasteiger partial charge in [0.1, 0.15) is 6.04 Å². The van der Waals surface area contributed by atoms with E-state index < -0.39 is 23.8 Å². The summed E-state index contributed by atoms with van der Waals surface area (Å²) >= 11 is 0. The number of hydrogen-bond acceptors (Lipinski definition) is 5. The van der Waals surface area contributed by atoms with Crippen LogP contribution in [0.1, 0.15) is 44.7 Å². The summed E-state index contributed by atoms with van der Waals surface area (Å²) in [5.74, 6) is -1.85. The number of rotatable bonds is 1. The van der Waals surface area contributed by atoms with Crippen LogP contribution in [0, 0.1) is 0 Å². The Morgan fingerprint density at radius 3 is 2.35 bits per heavy atom. The second-order valence-electron chi connectivity index (χ2n) is 6.04. The second-order valence-corrected chi connectivity index (χ2v) is 6.04. The zero-order valence-corrected chi connectivity index (χ0v) is 12.3. The quantitative estimate of drug-likeness (QED) is 0.696. The van der Waals surface area contributed by atoms with Crippen LogP contribution in [0.15, 0.2) is 12.1 Å². The molecule has 0 spiro atoms. The van der Waals surface area contributed by atoms with E-state index in [-0.39, 0.29) is 18.7 Å². The van der Waals surface area contributed by atoms with Gasteiger partial charge in [-0.2, -0.15) is 0 Å². The fourth-order valence-corrected chi connectivity index (χ4v) is 3.45. The molecule has 0 aliphatic carbocycles. The molecule has 0 aromatic heterocycles. The first-order chi connectivity index (χ1) is 11.1. The summed E-state index contributed by atoms with van der Waals surface area (Å²) in [6.07, 6.45) is 1.12. The highest BCUT2D eigenvalue weighted by Crippen LogP contribution is 2.30. The summed E-state index contributed by atoms with van der Waals surface area (Å²) in [5, 5.41) is 5.43. The SMILES string of the molecule is O=C1CC[C@H](N2C(=O)c3cc4c(cc3C2=O)CNCC4)C(=O)N1. The van der Waals surface area contributed by atoms with Crippen molar-refractivity contribution in [3.8, 4) is 0 Å². The van der Waals surface area contributed by atoms with Crippen LogP contribution in [0.2, 0.25) is 0 Å². The summed E-state index contributed by atoms with van der Waals surface area (Å²) in [7, 11) is 0. The summed E-state index contributed by atoms with van der Waals surface area (Å²) in [5.41, 5.74) is 2.79. The van der Waals surface area contributed by atoms with E-state index in [4.69, 9.17) is 0 Å². The summed E-state index contributed by atoms with van der Waals surface area (Å²) in [6.45, 7) is 1.51. The van der Waals surface area contributed by atoms with Gasteiger partial charge < -0.3 is 5.32 Å². The fourth-order valence-electron chi connectivity index (χ4n) is 3.45. The van der Waals surface area contributed by atoms with Gasteiger partial charge in [-0.15, -0.1) is 0 Å². The average molecular weight is 313 g/mol. The molecule has 1 aromatic carbocycles. The van der Waals surface area contributed by atoms with E-state index in [1.807, 2.05) is 0 Å². The van der Waals surface area contributed by atoms with Crippen molar-refractivity contribution in [3.05, 3.63) is 34.4 Å². The smallest absolute Gasteiger partial charge is 0.262 e. The Hall–Kier alpha value is -2.54. The second kappa shape index (κ2) is 4.99. The van der Waals surface area contributed by atoms with E-state index in [2.05, 4.69) is 10.6 Å². The van der Waals surface area contributed by atoms with Crippen molar-refractivity contribution in [3.63, 3.8) is 0 Å². The van der Waals surface area contributed by atoms with Gasteiger partial charge in [-0.05, 0) is 42.6 Å². The molecule has 2 N–H and O–H groups in total. The number of piperidine rings is 1. The van der Waals surface area contributed by atoms with Gasteiger partial charge in [0.2, 0.25) is 11.8 Å². The zero-order valence-electron chi connectivity index (χ0n) is 12.3. The van der Waals surface area contributed by atoms with Gasteiger partial charge in [-0.25, -0.2) is 0 Å². The Labute approximate surface area is 132 Å². The van der Waals surface area contributed by atoms with E-state index in [1.54, 1.807) is 12.1 Å². The third-order valence-corrected chi connectivity index (χ3v) is 4.65. The van der Waals surface area contributed by atoms with E-state index in [0.29, 0.717) is 17.7 Å². The third kappa shape index (κ3) is 2.08. The number of amides is 4. The third-order valence-electron chi connectivity index (χ3n) is 4.65. The molecule has 3 heterocycles. The van der Waals surface area contributed by atoms with Crippen LogP contribution in [-0.2, 0) is 22.6 Å². The number of benzene rings is 1. The van der Waals surface area contributed by atoms with Crippen LogP contribution in [0.5, 0.6) is 0 Å². The predicted octanol–water partition coefficient (Wildman–Crippen LogP) is -0.266. The van der Waals surface area contributed by atoms with Crippen LogP contribution in [0.3, 0.4) is 0 Å². The normalized spacial score (nSPS) is 23.7. The van der Waals surface area contributed by atoms with Crippen molar-refractivity contribution in [1.82, 2.24) is 15.5 Å². The molecule has 1 atom stereocenters. The number of hydrogen-bond donors (Lipinski definition) is 2. The zero-order chi connectivity index (χ0) is 16.1. The first-order valence-electron chi connectivity index (χ1n) is 7.64. The molecular formula is C16H15N3O4. The van der Waals surface area contributed by atoms with E-state index in [0.717, 1.165) is 29.0 Å². The predicted molar refractivity (Wildman–Crippen MR) is 78.5 cm³/mol. The number of carbonyl (C=O) groups is 4. The molecule has 0 radical (unpaired) electrons. The lowest BCUT2D eigenvalue weighted by Crippen LogP contribution is -2.54. The molecule has 23 heavy (non-hydrogen) atoms. The minimum Gasteiger partial charge on any atom is -0.312 e. The van der Waals surface area contributed by atoms with Gasteiger partial charge in [0.25, 0.3) is 11.8 Å². The first kappa shape index (κ1) is 14.1. The van der Waals surface area contributed by atoms with Crippen LogP contribution in [-0.4, -0.2) is 41.1 Å². The van der Waals surface area contributed by atoms with Gasteiger partial charge in [0.15, 0.2) is 0 Å². The maximum Gasteiger partial charge on any atom is 0.262 e. The fraction of sp³-hybridized carbons (Fsp3) is 0.375. The molecule has 7 nitrogen and oxygen atoms in total. The lowest BCUT2D eigenvalue weighted by atomic mass is 9.95. The monoisotopic (exact) mass is 313 g/mol. The summed E-state index contributed by atoms with van der Waals surface area (Å²) in [6, 6.07) is 2.62. The number of nitrogens with zero attached hydrogens (tertiary/aromatic N) is 1. The van der Waals surface area contributed by atoms with Crippen molar-refractivity contribution in [2.75, 3.05) is 6.54 Å². The van der Waals surface area contributed by atoms with E-state index in [9.17, 15) is 19.2 Å². The van der Waals surface area contributed by atoms with Crippen molar-refractivity contribution in [2.45, 2.75) is 31.8 Å². The van der Waals surface area contributed by atoms with Crippen molar-refractivity contribution < 1.29 is 19.2 Å². The molecule has 1 saturated heterocycles. The molecule has 1 fully saturated rings. The van der Waals surface area contributed by atoms with Crippen LogP contribution in [0.4, 0.5) is 0 Å². The van der Waals surface area contributed by atoms with Crippen molar-refractivity contribution in [1.29, 1.82) is 0 Å². The van der Waals surface area contributed by atoms with Crippen molar-refractivity contribution >= 4 is 23.6 Å². The Bertz CT molecular complexity index is 726. The lowest BCUT2D eigenvalue weighted by Gasteiger charge is -2.27. The Morgan fingerprint density at radius 2 is 1.65 bits per heavy atom. The molecule has 4 rings (SSSR count). The van der Waals surface area contributed by atoms with Crippen LogP contribution >= 0.6 is 0 Å². The largest absolute Gasteiger partial charge is 0.312 e. The van der Waals surface area contributed by atoms with E-state index >= 15 is 0 Å². The average Bonchev–Trinajstić information content (AvgIpc) is 2.77. The highest BCUT2D eigenvalue weighted by Gasteiger charge is 2.44. The van der Waals surface area contributed by atoms with E-state index in [1.165, 1.54) is 0 Å². The Morgan fingerprint density at radius 1 is 0.957 bits per heavy atom. The molecule has 0 saturated carbocycles. The highest BCUT2D eigenvalue weighted by atomic mass is 16.2. The number of imide groups is 2. The minimum absolute atomic E-state index is 0.129. The van der Waals surface area contributed by atoms with Crippen LogP contribution in [0.25, 0.3) is 0 Å². The van der Waals surface area contributed by atoms with Crippen molar-refractivity contribution in [2.24, 2.45) is 0 Å². The summed E-state index contributed by atoms with van der Waals surface area (Å²) in [4.78, 5) is 49.6. The van der Waals surface area contributed by atoms with Gasteiger partial charge in [-0.3, -0.25) is 29.4 Å². The lowest BCUT2D eigenvalue weighted by molar-refractivity contribution is -0.136. The Kier molecular flexibility index (Phi) is 3.05. The maximum absolute atomic E-state index is 12.6. The standard InChI is InChI=1S/C16H15N3O4/c20-13-2-1-12(14(21)18-13)19-15(22)10-5-8-3-4-17-7-9(8)6-11(10)16(19)23/h5-6,12,17H,1-4,7H2,(H,18,20,21)/t12-/m0/s1. The highest BCUT2D eigenvalue weighted by molar-refractivity contribution is 6.23. The van der Waals surface area contributed by atoms with Crippen LogP contribution < -0.4 is 10.6 Å².